The van der Waals surface area contributed by atoms with E-state index in [-0.39, 0.29) is 11.8 Å². The van der Waals surface area contributed by atoms with E-state index in [2.05, 4.69) is 29.2 Å². The summed E-state index contributed by atoms with van der Waals surface area (Å²) in [6.07, 6.45) is 1.21. The molecule has 8 heteroatoms. The second-order valence-electron chi connectivity index (χ2n) is 7.55. The molecule has 2 saturated heterocycles. The summed E-state index contributed by atoms with van der Waals surface area (Å²) in [5.41, 5.74) is 1.30. The molecule has 150 valence electrons. The summed E-state index contributed by atoms with van der Waals surface area (Å²) < 4.78 is 27.1. The lowest BCUT2D eigenvalue weighted by molar-refractivity contribution is -0.138. The summed E-state index contributed by atoms with van der Waals surface area (Å²) in [6, 6.07) is 10.4. The van der Waals surface area contributed by atoms with Gasteiger partial charge in [0.1, 0.15) is 0 Å². The maximum absolute atomic E-state index is 12.8. The standard InChI is InChI=1S/C19H30N4O3S/c1-20(2)27(25,26)23-10-8-18(9-11-23)19(24)22-14-12-21(13-15-22)16-17-6-4-3-5-7-17/h3-7,18H,8-16H2,1-2H3. The van der Waals surface area contributed by atoms with Crippen molar-refractivity contribution >= 4 is 16.1 Å². The zero-order valence-corrected chi connectivity index (χ0v) is 17.1. The molecule has 2 fully saturated rings. The third-order valence-electron chi connectivity index (χ3n) is 5.52. The molecule has 0 aliphatic carbocycles. The van der Waals surface area contributed by atoms with Crippen LogP contribution in [-0.4, -0.2) is 86.1 Å². The second-order valence-corrected chi connectivity index (χ2v) is 9.69. The number of piperidine rings is 1. The highest BCUT2D eigenvalue weighted by molar-refractivity contribution is 7.86. The number of rotatable bonds is 5. The van der Waals surface area contributed by atoms with E-state index < -0.39 is 10.2 Å². The quantitative estimate of drug-likeness (QED) is 0.743. The monoisotopic (exact) mass is 394 g/mol. The number of hydrogen-bond donors (Lipinski definition) is 0. The maximum atomic E-state index is 12.8. The Morgan fingerprint density at radius 1 is 1.00 bits per heavy atom. The second kappa shape index (κ2) is 8.68. The van der Waals surface area contributed by atoms with Gasteiger partial charge in [-0.2, -0.15) is 17.0 Å². The largest absolute Gasteiger partial charge is 0.340 e. The molecule has 2 heterocycles. The predicted octanol–water partition coefficient (Wildman–Crippen LogP) is 0.849. The lowest BCUT2D eigenvalue weighted by Crippen LogP contribution is -2.52. The van der Waals surface area contributed by atoms with Crippen molar-refractivity contribution in [2.75, 3.05) is 53.4 Å². The molecule has 0 bridgehead atoms. The lowest BCUT2D eigenvalue weighted by Gasteiger charge is -2.38. The Hall–Kier alpha value is -1.48. The van der Waals surface area contributed by atoms with Gasteiger partial charge in [0.05, 0.1) is 0 Å². The fourth-order valence-corrected chi connectivity index (χ4v) is 4.92. The van der Waals surface area contributed by atoms with Crippen LogP contribution in [0.4, 0.5) is 0 Å². The Bertz CT molecular complexity index is 723. The van der Waals surface area contributed by atoms with Crippen LogP contribution in [0.1, 0.15) is 18.4 Å². The fraction of sp³-hybridized carbons (Fsp3) is 0.632. The van der Waals surface area contributed by atoms with Crippen LogP contribution in [0.3, 0.4) is 0 Å². The average Bonchev–Trinajstić information content (AvgIpc) is 2.69. The third kappa shape index (κ3) is 4.87. The van der Waals surface area contributed by atoms with Crippen molar-refractivity contribution in [3.63, 3.8) is 0 Å². The molecule has 0 saturated carbocycles. The molecular formula is C19H30N4O3S. The SMILES string of the molecule is CN(C)S(=O)(=O)N1CCC(C(=O)N2CCN(Cc3ccccc3)CC2)CC1. The number of carbonyl (C=O) groups excluding carboxylic acids is 1. The first-order valence-corrected chi connectivity index (χ1v) is 11.0. The number of amides is 1. The van der Waals surface area contributed by atoms with Crippen LogP contribution >= 0.6 is 0 Å². The summed E-state index contributed by atoms with van der Waals surface area (Å²) in [7, 11) is -0.290. The highest BCUT2D eigenvalue weighted by Crippen LogP contribution is 2.23. The summed E-state index contributed by atoms with van der Waals surface area (Å²) in [4.78, 5) is 17.2. The number of nitrogens with zero attached hydrogens (tertiary/aromatic N) is 4. The van der Waals surface area contributed by atoms with Crippen LogP contribution in [0.5, 0.6) is 0 Å². The van der Waals surface area contributed by atoms with Crippen LogP contribution in [0.25, 0.3) is 0 Å². The normalized spacial score (nSPS) is 20.9. The number of piperazine rings is 1. The fourth-order valence-electron chi connectivity index (χ4n) is 3.79. The average molecular weight is 395 g/mol. The first kappa shape index (κ1) is 20.3. The first-order valence-electron chi connectivity index (χ1n) is 9.60. The van der Waals surface area contributed by atoms with Gasteiger partial charge in [-0.25, -0.2) is 0 Å². The molecule has 1 aromatic rings. The summed E-state index contributed by atoms with van der Waals surface area (Å²) in [5.74, 6) is 0.135. The van der Waals surface area contributed by atoms with Gasteiger partial charge in [-0.1, -0.05) is 30.3 Å². The lowest BCUT2D eigenvalue weighted by atomic mass is 9.96. The van der Waals surface area contributed by atoms with E-state index in [9.17, 15) is 13.2 Å². The van der Waals surface area contributed by atoms with E-state index in [1.165, 1.54) is 14.2 Å². The van der Waals surface area contributed by atoms with E-state index in [0.29, 0.717) is 25.9 Å². The minimum absolute atomic E-state index is 0.0562. The van der Waals surface area contributed by atoms with Crippen LogP contribution in [0, 0.1) is 5.92 Å². The zero-order chi connectivity index (χ0) is 19.4. The topological polar surface area (TPSA) is 64.2 Å². The zero-order valence-electron chi connectivity index (χ0n) is 16.2. The van der Waals surface area contributed by atoms with Crippen LogP contribution in [-0.2, 0) is 21.5 Å². The van der Waals surface area contributed by atoms with Gasteiger partial charge in [-0.15, -0.1) is 0 Å². The predicted molar refractivity (Wildman–Crippen MR) is 105 cm³/mol. The van der Waals surface area contributed by atoms with Crippen molar-refractivity contribution < 1.29 is 13.2 Å². The van der Waals surface area contributed by atoms with Gasteiger partial charge in [0.15, 0.2) is 0 Å². The van der Waals surface area contributed by atoms with Crippen molar-refractivity contribution in [1.82, 2.24) is 18.4 Å². The Morgan fingerprint density at radius 2 is 1.59 bits per heavy atom. The van der Waals surface area contributed by atoms with Crippen molar-refractivity contribution in [3.8, 4) is 0 Å². The molecule has 1 amide bonds. The minimum atomic E-state index is -3.38. The number of benzene rings is 1. The Labute approximate surface area is 162 Å². The van der Waals surface area contributed by atoms with Gasteiger partial charge in [-0.05, 0) is 18.4 Å². The molecule has 2 aliphatic heterocycles. The summed E-state index contributed by atoms with van der Waals surface area (Å²) >= 11 is 0. The number of hydrogen-bond acceptors (Lipinski definition) is 4. The van der Waals surface area contributed by atoms with Gasteiger partial charge in [0.25, 0.3) is 10.2 Å². The number of carbonyl (C=O) groups is 1. The van der Waals surface area contributed by atoms with Crippen molar-refractivity contribution in [1.29, 1.82) is 0 Å². The molecule has 27 heavy (non-hydrogen) atoms. The van der Waals surface area contributed by atoms with Crippen molar-refractivity contribution in [2.45, 2.75) is 19.4 Å². The van der Waals surface area contributed by atoms with E-state index in [1.54, 1.807) is 14.1 Å². The van der Waals surface area contributed by atoms with E-state index >= 15 is 0 Å². The molecule has 0 atom stereocenters. The van der Waals surface area contributed by atoms with Gasteiger partial charge >= 0.3 is 0 Å². The van der Waals surface area contributed by atoms with E-state index in [4.69, 9.17) is 0 Å². The minimum Gasteiger partial charge on any atom is -0.340 e. The molecule has 2 aliphatic rings. The maximum Gasteiger partial charge on any atom is 0.281 e. The van der Waals surface area contributed by atoms with Crippen LogP contribution in [0.2, 0.25) is 0 Å². The van der Waals surface area contributed by atoms with Crippen molar-refractivity contribution in [2.24, 2.45) is 5.92 Å². The first-order chi connectivity index (χ1) is 12.9. The highest BCUT2D eigenvalue weighted by atomic mass is 32.2. The molecular weight excluding hydrogens is 364 g/mol. The molecule has 0 unspecified atom stereocenters. The third-order valence-corrected chi connectivity index (χ3v) is 7.46. The smallest absolute Gasteiger partial charge is 0.281 e. The van der Waals surface area contributed by atoms with Crippen LogP contribution < -0.4 is 0 Å². The molecule has 0 radical (unpaired) electrons. The van der Waals surface area contributed by atoms with E-state index in [0.717, 1.165) is 32.7 Å². The Kier molecular flexibility index (Phi) is 6.52. The molecule has 0 aromatic heterocycles. The van der Waals surface area contributed by atoms with Gasteiger partial charge in [0.2, 0.25) is 5.91 Å². The van der Waals surface area contributed by atoms with Crippen molar-refractivity contribution in [3.05, 3.63) is 35.9 Å². The van der Waals surface area contributed by atoms with Gasteiger partial charge in [0, 0.05) is 65.8 Å². The Balaban J connectivity index is 1.46. The Morgan fingerprint density at radius 3 is 2.15 bits per heavy atom. The molecule has 0 N–H and O–H groups in total. The highest BCUT2D eigenvalue weighted by Gasteiger charge is 2.34. The van der Waals surface area contributed by atoms with Gasteiger partial charge in [-0.3, -0.25) is 9.69 Å². The summed E-state index contributed by atoms with van der Waals surface area (Å²) in [5, 5.41) is 0. The molecule has 0 spiro atoms. The van der Waals surface area contributed by atoms with Gasteiger partial charge < -0.3 is 4.90 Å². The van der Waals surface area contributed by atoms with Crippen LogP contribution in [0.15, 0.2) is 30.3 Å². The summed E-state index contributed by atoms with van der Waals surface area (Å²) in [6.45, 7) is 5.03. The molecule has 7 nitrogen and oxygen atoms in total. The molecule has 3 rings (SSSR count). The molecule has 1 aromatic carbocycles. The van der Waals surface area contributed by atoms with E-state index in [1.807, 2.05) is 11.0 Å².